The van der Waals surface area contributed by atoms with E-state index in [1.807, 2.05) is 39.0 Å². The third-order valence-electron chi connectivity index (χ3n) is 3.52. The number of primary amides is 1. The van der Waals surface area contributed by atoms with Crippen LogP contribution in [0.4, 0.5) is 5.69 Å². The standard InChI is InChI=1S/C16H27N3O/c1-13(2)18-16(3,15(17)20)11-8-12-19(4)14-9-6-5-7-10-14/h5-7,9-10,13,18H,8,11-12H2,1-4H3,(H2,17,20). The van der Waals surface area contributed by atoms with Gasteiger partial charge in [0.05, 0.1) is 5.54 Å². The second-order valence-electron chi connectivity index (χ2n) is 5.86. The number of rotatable bonds is 8. The van der Waals surface area contributed by atoms with Gasteiger partial charge in [-0.2, -0.15) is 0 Å². The van der Waals surface area contributed by atoms with Gasteiger partial charge < -0.3 is 16.0 Å². The van der Waals surface area contributed by atoms with Crippen molar-refractivity contribution >= 4 is 11.6 Å². The summed E-state index contributed by atoms with van der Waals surface area (Å²) in [5.74, 6) is -0.284. The van der Waals surface area contributed by atoms with Crippen molar-refractivity contribution < 1.29 is 4.79 Å². The van der Waals surface area contributed by atoms with Crippen molar-refractivity contribution in [1.82, 2.24) is 5.32 Å². The Bertz CT molecular complexity index is 419. The molecule has 0 aromatic heterocycles. The zero-order chi connectivity index (χ0) is 15.2. The molecular weight excluding hydrogens is 250 g/mol. The van der Waals surface area contributed by atoms with Crippen LogP contribution < -0.4 is 16.0 Å². The van der Waals surface area contributed by atoms with Gasteiger partial charge in [0.25, 0.3) is 0 Å². The Balaban J connectivity index is 2.51. The number of carbonyl (C=O) groups excluding carboxylic acids is 1. The lowest BCUT2D eigenvalue weighted by molar-refractivity contribution is -0.124. The molecule has 20 heavy (non-hydrogen) atoms. The van der Waals surface area contributed by atoms with E-state index in [0.717, 1.165) is 19.4 Å². The first-order valence-electron chi connectivity index (χ1n) is 7.19. The lowest BCUT2D eigenvalue weighted by Gasteiger charge is -2.30. The minimum atomic E-state index is -0.633. The topological polar surface area (TPSA) is 58.4 Å². The summed E-state index contributed by atoms with van der Waals surface area (Å²) in [5.41, 5.74) is 6.08. The molecule has 0 saturated heterocycles. The van der Waals surface area contributed by atoms with E-state index in [1.165, 1.54) is 5.69 Å². The second kappa shape index (κ2) is 7.29. The third-order valence-corrected chi connectivity index (χ3v) is 3.52. The van der Waals surface area contributed by atoms with Gasteiger partial charge in [-0.1, -0.05) is 18.2 Å². The molecule has 0 heterocycles. The minimum absolute atomic E-state index is 0.236. The Morgan fingerprint density at radius 3 is 2.45 bits per heavy atom. The Morgan fingerprint density at radius 2 is 1.95 bits per heavy atom. The zero-order valence-corrected chi connectivity index (χ0v) is 13.0. The van der Waals surface area contributed by atoms with Crippen LogP contribution in [0.1, 0.15) is 33.6 Å². The largest absolute Gasteiger partial charge is 0.375 e. The summed E-state index contributed by atoms with van der Waals surface area (Å²) in [6, 6.07) is 10.5. The van der Waals surface area contributed by atoms with E-state index in [0.29, 0.717) is 0 Å². The fraction of sp³-hybridized carbons (Fsp3) is 0.562. The van der Waals surface area contributed by atoms with E-state index in [4.69, 9.17) is 5.73 Å². The van der Waals surface area contributed by atoms with Gasteiger partial charge in [0.1, 0.15) is 0 Å². The van der Waals surface area contributed by atoms with Crippen molar-refractivity contribution in [2.45, 2.75) is 45.2 Å². The maximum atomic E-state index is 11.6. The third kappa shape index (κ3) is 4.85. The molecule has 1 aromatic carbocycles. The lowest BCUT2D eigenvalue weighted by atomic mass is 9.93. The quantitative estimate of drug-likeness (QED) is 0.765. The van der Waals surface area contributed by atoms with Crippen molar-refractivity contribution in [2.75, 3.05) is 18.5 Å². The van der Waals surface area contributed by atoms with E-state index in [-0.39, 0.29) is 11.9 Å². The highest BCUT2D eigenvalue weighted by atomic mass is 16.1. The van der Waals surface area contributed by atoms with Gasteiger partial charge in [0.15, 0.2) is 0 Å². The Morgan fingerprint density at radius 1 is 1.35 bits per heavy atom. The van der Waals surface area contributed by atoms with Crippen molar-refractivity contribution in [1.29, 1.82) is 0 Å². The van der Waals surface area contributed by atoms with Crippen molar-refractivity contribution in [3.8, 4) is 0 Å². The average Bonchev–Trinajstić information content (AvgIpc) is 2.38. The molecule has 0 saturated carbocycles. The first-order chi connectivity index (χ1) is 9.35. The molecule has 1 atom stereocenters. The number of nitrogens with two attached hydrogens (primary N) is 1. The second-order valence-corrected chi connectivity index (χ2v) is 5.86. The highest BCUT2D eigenvalue weighted by molar-refractivity contribution is 5.84. The monoisotopic (exact) mass is 277 g/mol. The molecule has 0 bridgehead atoms. The summed E-state index contributed by atoms with van der Waals surface area (Å²) < 4.78 is 0. The number of carbonyl (C=O) groups is 1. The average molecular weight is 277 g/mol. The summed E-state index contributed by atoms with van der Waals surface area (Å²) in [4.78, 5) is 13.8. The normalized spacial score (nSPS) is 14.1. The molecule has 1 unspecified atom stereocenters. The molecule has 0 aliphatic rings. The molecule has 0 spiro atoms. The van der Waals surface area contributed by atoms with Crippen molar-refractivity contribution in [2.24, 2.45) is 5.73 Å². The van der Waals surface area contributed by atoms with Crippen LogP contribution >= 0.6 is 0 Å². The number of hydrogen-bond donors (Lipinski definition) is 2. The number of nitrogens with one attached hydrogen (secondary N) is 1. The summed E-state index contributed by atoms with van der Waals surface area (Å²) >= 11 is 0. The molecule has 0 aliphatic carbocycles. The van der Waals surface area contributed by atoms with E-state index >= 15 is 0 Å². The molecule has 112 valence electrons. The van der Waals surface area contributed by atoms with Gasteiger partial charge in [-0.15, -0.1) is 0 Å². The van der Waals surface area contributed by atoms with Crippen LogP contribution in [0.5, 0.6) is 0 Å². The minimum Gasteiger partial charge on any atom is -0.375 e. The van der Waals surface area contributed by atoms with Crippen molar-refractivity contribution in [3.05, 3.63) is 30.3 Å². The summed E-state index contributed by atoms with van der Waals surface area (Å²) in [6.45, 7) is 6.83. The van der Waals surface area contributed by atoms with E-state index in [1.54, 1.807) is 0 Å². The number of amides is 1. The van der Waals surface area contributed by atoms with Crippen LogP contribution in [0.3, 0.4) is 0 Å². The van der Waals surface area contributed by atoms with Crippen LogP contribution in [0.2, 0.25) is 0 Å². The molecule has 0 aliphatic heterocycles. The summed E-state index contributed by atoms with van der Waals surface area (Å²) in [5, 5.41) is 3.28. The highest BCUT2D eigenvalue weighted by Gasteiger charge is 2.30. The van der Waals surface area contributed by atoms with Gasteiger partial charge in [-0.3, -0.25) is 4.79 Å². The molecule has 1 aromatic rings. The fourth-order valence-electron chi connectivity index (χ4n) is 2.38. The summed E-state index contributed by atoms with van der Waals surface area (Å²) in [6.07, 6.45) is 1.64. The first kappa shape index (κ1) is 16.5. The highest BCUT2D eigenvalue weighted by Crippen LogP contribution is 2.16. The first-order valence-corrected chi connectivity index (χ1v) is 7.19. The van der Waals surface area contributed by atoms with Crippen LogP contribution in [-0.4, -0.2) is 31.1 Å². The van der Waals surface area contributed by atoms with Gasteiger partial charge in [0, 0.05) is 25.3 Å². The van der Waals surface area contributed by atoms with Crippen LogP contribution in [0.15, 0.2) is 30.3 Å². The van der Waals surface area contributed by atoms with Crippen LogP contribution in [0.25, 0.3) is 0 Å². The van der Waals surface area contributed by atoms with E-state index in [2.05, 4.69) is 29.4 Å². The van der Waals surface area contributed by atoms with E-state index < -0.39 is 5.54 Å². The number of benzene rings is 1. The van der Waals surface area contributed by atoms with Gasteiger partial charge in [-0.25, -0.2) is 0 Å². The maximum Gasteiger partial charge on any atom is 0.237 e. The molecular formula is C16H27N3O. The predicted octanol–water partition coefficient (Wildman–Crippen LogP) is 2.15. The van der Waals surface area contributed by atoms with E-state index in [9.17, 15) is 4.79 Å². The Labute approximate surface area is 122 Å². The molecule has 3 N–H and O–H groups in total. The lowest BCUT2D eigenvalue weighted by Crippen LogP contribution is -2.55. The number of hydrogen-bond acceptors (Lipinski definition) is 3. The SMILES string of the molecule is CC(C)NC(C)(CCCN(C)c1ccccc1)C(N)=O. The smallest absolute Gasteiger partial charge is 0.237 e. The fourth-order valence-corrected chi connectivity index (χ4v) is 2.38. The number of nitrogens with zero attached hydrogens (tertiary/aromatic N) is 1. The summed E-state index contributed by atoms with van der Waals surface area (Å²) in [7, 11) is 2.06. The predicted molar refractivity (Wildman–Crippen MR) is 84.8 cm³/mol. The molecule has 4 nitrogen and oxygen atoms in total. The van der Waals surface area contributed by atoms with Crippen molar-refractivity contribution in [3.63, 3.8) is 0 Å². The maximum absolute atomic E-state index is 11.6. The molecule has 0 fully saturated rings. The van der Waals surface area contributed by atoms with Crippen LogP contribution in [0, 0.1) is 0 Å². The molecule has 1 rings (SSSR count). The van der Waals surface area contributed by atoms with Crippen LogP contribution in [-0.2, 0) is 4.79 Å². The molecule has 4 heteroatoms. The Hall–Kier alpha value is -1.55. The molecule has 1 amide bonds. The van der Waals surface area contributed by atoms with Gasteiger partial charge in [-0.05, 0) is 45.7 Å². The molecule has 0 radical (unpaired) electrons. The van der Waals surface area contributed by atoms with Gasteiger partial charge in [0.2, 0.25) is 5.91 Å². The zero-order valence-electron chi connectivity index (χ0n) is 13.0. The van der Waals surface area contributed by atoms with Gasteiger partial charge >= 0.3 is 0 Å². The number of anilines is 1. The number of para-hydroxylation sites is 1. The Kier molecular flexibility index (Phi) is 6.02.